The Hall–Kier alpha value is -1.79. The second-order valence-electron chi connectivity index (χ2n) is 6.15. The Kier molecular flexibility index (Phi) is 6.87. The second kappa shape index (κ2) is 8.89. The van der Waals surface area contributed by atoms with Gasteiger partial charge in [-0.25, -0.2) is 4.98 Å². The molecule has 130 valence electrons. The SMILES string of the molecule is CSCC[C@H](N)C(=O)Nc1cccc(Cn2ccnc2C(C)C)c1. The van der Waals surface area contributed by atoms with Crippen molar-refractivity contribution in [1.82, 2.24) is 9.55 Å². The second-order valence-corrected chi connectivity index (χ2v) is 7.13. The fraction of sp³-hybridized carbons (Fsp3) is 0.444. The van der Waals surface area contributed by atoms with Crippen molar-refractivity contribution in [2.75, 3.05) is 17.3 Å². The van der Waals surface area contributed by atoms with Crippen LogP contribution in [-0.2, 0) is 11.3 Å². The zero-order valence-corrected chi connectivity index (χ0v) is 15.3. The molecule has 1 heterocycles. The third kappa shape index (κ3) is 5.11. The normalized spacial score (nSPS) is 12.4. The van der Waals surface area contributed by atoms with Gasteiger partial charge in [0.1, 0.15) is 5.82 Å². The van der Waals surface area contributed by atoms with E-state index in [9.17, 15) is 4.79 Å². The first kappa shape index (κ1) is 18.5. The third-order valence-electron chi connectivity index (χ3n) is 3.78. The molecule has 0 unspecified atom stereocenters. The molecular formula is C18H26N4OS. The van der Waals surface area contributed by atoms with Crippen LogP contribution >= 0.6 is 11.8 Å². The summed E-state index contributed by atoms with van der Waals surface area (Å²) in [6.07, 6.45) is 6.50. The first-order valence-corrected chi connectivity index (χ1v) is 9.56. The van der Waals surface area contributed by atoms with Crippen molar-refractivity contribution in [3.05, 3.63) is 48.0 Å². The van der Waals surface area contributed by atoms with Gasteiger partial charge in [0.2, 0.25) is 5.91 Å². The molecule has 0 bridgehead atoms. The molecule has 1 atom stereocenters. The number of carbonyl (C=O) groups is 1. The van der Waals surface area contributed by atoms with Crippen LogP contribution in [0.3, 0.4) is 0 Å². The highest BCUT2D eigenvalue weighted by atomic mass is 32.2. The van der Waals surface area contributed by atoms with Gasteiger partial charge in [0.15, 0.2) is 0 Å². The molecule has 2 aromatic rings. The largest absolute Gasteiger partial charge is 0.330 e. The first-order chi connectivity index (χ1) is 11.5. The van der Waals surface area contributed by atoms with Gasteiger partial charge in [-0.05, 0) is 36.1 Å². The van der Waals surface area contributed by atoms with E-state index in [1.54, 1.807) is 11.8 Å². The summed E-state index contributed by atoms with van der Waals surface area (Å²) in [6, 6.07) is 7.41. The summed E-state index contributed by atoms with van der Waals surface area (Å²) < 4.78 is 2.13. The van der Waals surface area contributed by atoms with Crippen LogP contribution in [0, 0.1) is 0 Å². The number of nitrogens with two attached hydrogens (primary N) is 1. The molecule has 0 saturated carbocycles. The summed E-state index contributed by atoms with van der Waals surface area (Å²) in [6.45, 7) is 4.99. The number of rotatable bonds is 8. The Bertz CT molecular complexity index is 669. The van der Waals surface area contributed by atoms with E-state index in [0.717, 1.165) is 29.4 Å². The molecule has 24 heavy (non-hydrogen) atoms. The predicted molar refractivity (Wildman–Crippen MR) is 101 cm³/mol. The fourth-order valence-electron chi connectivity index (χ4n) is 2.51. The smallest absolute Gasteiger partial charge is 0.241 e. The maximum Gasteiger partial charge on any atom is 0.241 e. The number of nitrogens with one attached hydrogen (secondary N) is 1. The van der Waals surface area contributed by atoms with Crippen LogP contribution in [0.25, 0.3) is 0 Å². The Balaban J connectivity index is 2.03. The number of amides is 1. The van der Waals surface area contributed by atoms with Gasteiger partial charge in [0.05, 0.1) is 6.04 Å². The number of nitrogens with zero attached hydrogens (tertiary/aromatic N) is 2. The van der Waals surface area contributed by atoms with Crippen LogP contribution in [0.4, 0.5) is 5.69 Å². The summed E-state index contributed by atoms with van der Waals surface area (Å²) >= 11 is 1.69. The average molecular weight is 347 g/mol. The van der Waals surface area contributed by atoms with Crippen molar-refractivity contribution in [2.24, 2.45) is 5.73 Å². The van der Waals surface area contributed by atoms with E-state index >= 15 is 0 Å². The van der Waals surface area contributed by atoms with E-state index in [1.165, 1.54) is 0 Å². The number of hydrogen-bond acceptors (Lipinski definition) is 4. The van der Waals surface area contributed by atoms with Gasteiger partial charge in [-0.1, -0.05) is 26.0 Å². The summed E-state index contributed by atoms with van der Waals surface area (Å²) in [7, 11) is 0. The number of benzene rings is 1. The summed E-state index contributed by atoms with van der Waals surface area (Å²) in [5, 5.41) is 2.91. The van der Waals surface area contributed by atoms with Crippen molar-refractivity contribution < 1.29 is 4.79 Å². The van der Waals surface area contributed by atoms with Crippen LogP contribution < -0.4 is 11.1 Å². The molecule has 2 rings (SSSR count). The molecule has 1 amide bonds. The van der Waals surface area contributed by atoms with Gasteiger partial charge in [-0.15, -0.1) is 0 Å². The molecule has 5 nitrogen and oxygen atoms in total. The standard InChI is InChI=1S/C18H26N4OS/c1-13(2)17-20-8-9-22(17)12-14-5-4-6-15(11-14)21-18(23)16(19)7-10-24-3/h4-6,8-9,11,13,16H,7,10,12,19H2,1-3H3,(H,21,23)/t16-/m0/s1. The lowest BCUT2D eigenvalue weighted by Crippen LogP contribution is -2.36. The molecule has 0 aliphatic heterocycles. The molecule has 3 N–H and O–H groups in total. The van der Waals surface area contributed by atoms with Crippen LogP contribution in [-0.4, -0.2) is 33.5 Å². The highest BCUT2D eigenvalue weighted by molar-refractivity contribution is 7.98. The van der Waals surface area contributed by atoms with Crippen LogP contribution in [0.1, 0.15) is 37.6 Å². The molecule has 1 aromatic carbocycles. The minimum Gasteiger partial charge on any atom is -0.330 e. The predicted octanol–water partition coefficient (Wildman–Crippen LogP) is 3.07. The van der Waals surface area contributed by atoms with Crippen LogP contribution in [0.15, 0.2) is 36.7 Å². The zero-order valence-electron chi connectivity index (χ0n) is 14.5. The molecule has 0 aliphatic rings. The highest BCUT2D eigenvalue weighted by Gasteiger charge is 2.13. The number of anilines is 1. The Labute approximate surface area is 148 Å². The lowest BCUT2D eigenvalue weighted by Gasteiger charge is -2.14. The Morgan fingerprint density at radius 3 is 2.92 bits per heavy atom. The molecule has 0 spiro atoms. The minimum atomic E-state index is -0.470. The number of thioether (sulfide) groups is 1. The Morgan fingerprint density at radius 2 is 2.21 bits per heavy atom. The highest BCUT2D eigenvalue weighted by Crippen LogP contribution is 2.16. The molecule has 0 radical (unpaired) electrons. The van der Waals surface area contributed by atoms with E-state index in [4.69, 9.17) is 5.73 Å². The number of imidazole rings is 1. The average Bonchev–Trinajstić information content (AvgIpc) is 3.01. The Morgan fingerprint density at radius 1 is 1.42 bits per heavy atom. The van der Waals surface area contributed by atoms with Gasteiger partial charge < -0.3 is 15.6 Å². The molecule has 0 saturated heterocycles. The quantitative estimate of drug-likeness (QED) is 0.770. The maximum absolute atomic E-state index is 12.1. The van der Waals surface area contributed by atoms with Crippen molar-refractivity contribution in [2.45, 2.75) is 38.8 Å². The molecule has 0 aliphatic carbocycles. The van der Waals surface area contributed by atoms with Gasteiger partial charge in [-0.3, -0.25) is 4.79 Å². The monoisotopic (exact) mass is 346 g/mol. The lowest BCUT2D eigenvalue weighted by molar-refractivity contribution is -0.117. The summed E-state index contributed by atoms with van der Waals surface area (Å²) in [5.74, 6) is 2.18. The van der Waals surface area contributed by atoms with Crippen molar-refractivity contribution in [1.29, 1.82) is 0 Å². The molecular weight excluding hydrogens is 320 g/mol. The fourth-order valence-corrected chi connectivity index (χ4v) is 3.00. The summed E-state index contributed by atoms with van der Waals surface area (Å²) in [4.78, 5) is 16.5. The van der Waals surface area contributed by atoms with E-state index in [-0.39, 0.29) is 5.91 Å². The molecule has 0 fully saturated rings. The lowest BCUT2D eigenvalue weighted by atomic mass is 10.1. The topological polar surface area (TPSA) is 72.9 Å². The van der Waals surface area contributed by atoms with Gasteiger partial charge in [0, 0.05) is 30.5 Å². The van der Waals surface area contributed by atoms with Crippen molar-refractivity contribution in [3.8, 4) is 0 Å². The minimum absolute atomic E-state index is 0.133. The zero-order chi connectivity index (χ0) is 17.5. The van der Waals surface area contributed by atoms with Gasteiger partial charge >= 0.3 is 0 Å². The van der Waals surface area contributed by atoms with E-state index < -0.39 is 6.04 Å². The first-order valence-electron chi connectivity index (χ1n) is 8.16. The van der Waals surface area contributed by atoms with Crippen LogP contribution in [0.2, 0.25) is 0 Å². The molecule has 6 heteroatoms. The van der Waals surface area contributed by atoms with Crippen molar-refractivity contribution >= 4 is 23.4 Å². The summed E-state index contributed by atoms with van der Waals surface area (Å²) in [5.41, 5.74) is 7.81. The van der Waals surface area contributed by atoms with E-state index in [2.05, 4.69) is 28.7 Å². The molecule has 1 aromatic heterocycles. The van der Waals surface area contributed by atoms with Gasteiger partial charge in [0.25, 0.3) is 0 Å². The maximum atomic E-state index is 12.1. The number of carbonyl (C=O) groups excluding carboxylic acids is 1. The van der Waals surface area contributed by atoms with E-state index in [1.807, 2.05) is 42.9 Å². The third-order valence-corrected chi connectivity index (χ3v) is 4.43. The van der Waals surface area contributed by atoms with Crippen LogP contribution in [0.5, 0.6) is 0 Å². The number of aromatic nitrogens is 2. The van der Waals surface area contributed by atoms with E-state index in [0.29, 0.717) is 12.3 Å². The van der Waals surface area contributed by atoms with Gasteiger partial charge in [-0.2, -0.15) is 11.8 Å². The van der Waals surface area contributed by atoms with Crippen molar-refractivity contribution in [3.63, 3.8) is 0 Å². The number of hydrogen-bond donors (Lipinski definition) is 2.